The van der Waals surface area contributed by atoms with Crippen LogP contribution in [0.4, 0.5) is 13.2 Å². The summed E-state index contributed by atoms with van der Waals surface area (Å²) in [6.45, 7) is 1.19. The van der Waals surface area contributed by atoms with Crippen LogP contribution in [0.3, 0.4) is 0 Å². The molecule has 4 heterocycles. The Kier molecular flexibility index (Phi) is 5.43. The molecule has 174 valence electrons. The van der Waals surface area contributed by atoms with E-state index in [4.69, 9.17) is 5.11 Å². The van der Waals surface area contributed by atoms with E-state index in [2.05, 4.69) is 4.98 Å². The minimum absolute atomic E-state index is 0.00487. The molecule has 3 aromatic rings. The standard InChI is InChI=1S/C23H22F3N3O3S/c24-23(25,26)19-4-3-15(33-19)11-29-18-12-28(20(30)10-13-8-14(9-13)22(31)32)7-5-16(18)17-2-1-6-27-21(17)29/h1-4,6,13-14H,5,7-12H2,(H,31,32). The molecule has 1 N–H and O–H groups in total. The number of hydrogen-bond acceptors (Lipinski definition) is 4. The Morgan fingerprint density at radius 2 is 2.00 bits per heavy atom. The lowest BCUT2D eigenvalue weighted by atomic mass is 9.73. The number of halogens is 3. The number of hydrogen-bond donors (Lipinski definition) is 1. The molecule has 0 spiro atoms. The predicted octanol–water partition coefficient (Wildman–Crippen LogP) is 4.55. The van der Waals surface area contributed by atoms with Gasteiger partial charge in [0, 0.05) is 35.1 Å². The fraction of sp³-hybridized carbons (Fsp3) is 0.435. The van der Waals surface area contributed by atoms with Gasteiger partial charge in [-0.25, -0.2) is 4.98 Å². The first-order chi connectivity index (χ1) is 15.7. The normalized spacial score (nSPS) is 20.5. The second-order valence-corrected chi connectivity index (χ2v) is 9.96. The van der Waals surface area contributed by atoms with Crippen molar-refractivity contribution in [2.45, 2.75) is 44.9 Å². The number of nitrogens with zero attached hydrogens (tertiary/aromatic N) is 3. The molecule has 0 bridgehead atoms. The number of carbonyl (C=O) groups excluding carboxylic acids is 1. The second-order valence-electron chi connectivity index (χ2n) is 8.79. The van der Waals surface area contributed by atoms with Crippen LogP contribution in [-0.2, 0) is 35.3 Å². The highest BCUT2D eigenvalue weighted by atomic mass is 32.1. The van der Waals surface area contributed by atoms with Gasteiger partial charge in [0.15, 0.2) is 0 Å². The number of carboxylic acids is 1. The Bertz CT molecular complexity index is 1230. The van der Waals surface area contributed by atoms with E-state index in [9.17, 15) is 22.8 Å². The summed E-state index contributed by atoms with van der Waals surface area (Å²) in [5.41, 5.74) is 2.70. The summed E-state index contributed by atoms with van der Waals surface area (Å²) in [5, 5.41) is 10.0. The van der Waals surface area contributed by atoms with Crippen molar-refractivity contribution in [1.82, 2.24) is 14.5 Å². The van der Waals surface area contributed by atoms with Crippen molar-refractivity contribution in [2.75, 3.05) is 6.54 Å². The predicted molar refractivity (Wildman–Crippen MR) is 116 cm³/mol. The lowest BCUT2D eigenvalue weighted by Gasteiger charge is -2.35. The van der Waals surface area contributed by atoms with Crippen LogP contribution in [0.25, 0.3) is 11.0 Å². The molecule has 1 amide bonds. The summed E-state index contributed by atoms with van der Waals surface area (Å²) in [5.74, 6) is -1.06. The Labute approximate surface area is 191 Å². The van der Waals surface area contributed by atoms with Crippen LogP contribution in [-0.4, -0.2) is 38.0 Å². The van der Waals surface area contributed by atoms with E-state index < -0.39 is 17.0 Å². The molecule has 6 nitrogen and oxygen atoms in total. The average Bonchev–Trinajstić information content (AvgIpc) is 3.34. The van der Waals surface area contributed by atoms with Gasteiger partial charge >= 0.3 is 12.1 Å². The number of carboxylic acid groups (broad SMARTS) is 1. The van der Waals surface area contributed by atoms with Gasteiger partial charge < -0.3 is 14.6 Å². The molecule has 1 aliphatic carbocycles. The Balaban J connectivity index is 1.39. The molecule has 0 saturated heterocycles. The molecule has 1 fully saturated rings. The monoisotopic (exact) mass is 477 g/mol. The number of rotatable bonds is 5. The highest BCUT2D eigenvalue weighted by Crippen LogP contribution is 2.38. The zero-order chi connectivity index (χ0) is 23.3. The van der Waals surface area contributed by atoms with Crippen molar-refractivity contribution in [2.24, 2.45) is 11.8 Å². The Morgan fingerprint density at radius 3 is 2.70 bits per heavy atom. The number of aliphatic carboxylic acids is 1. The lowest BCUT2D eigenvalue weighted by Crippen LogP contribution is -2.40. The molecular formula is C23H22F3N3O3S. The summed E-state index contributed by atoms with van der Waals surface area (Å²) in [6.07, 6.45) is -0.662. The summed E-state index contributed by atoms with van der Waals surface area (Å²) >= 11 is 0.724. The smallest absolute Gasteiger partial charge is 0.425 e. The van der Waals surface area contributed by atoms with Crippen molar-refractivity contribution in [1.29, 1.82) is 0 Å². The summed E-state index contributed by atoms with van der Waals surface area (Å²) < 4.78 is 41.1. The summed E-state index contributed by atoms with van der Waals surface area (Å²) in [4.78, 5) is 30.1. The number of fused-ring (bicyclic) bond motifs is 3. The maximum atomic E-state index is 13.1. The maximum Gasteiger partial charge on any atom is 0.425 e. The van der Waals surface area contributed by atoms with E-state index in [1.807, 2.05) is 16.7 Å². The van der Waals surface area contributed by atoms with Crippen LogP contribution < -0.4 is 0 Å². The van der Waals surface area contributed by atoms with Crippen LogP contribution in [0, 0.1) is 11.8 Å². The summed E-state index contributed by atoms with van der Waals surface area (Å²) in [6, 6.07) is 6.40. The zero-order valence-electron chi connectivity index (χ0n) is 17.6. The lowest BCUT2D eigenvalue weighted by molar-refractivity contribution is -0.148. The third-order valence-electron chi connectivity index (χ3n) is 6.67. The van der Waals surface area contributed by atoms with Crippen molar-refractivity contribution in [3.63, 3.8) is 0 Å². The minimum Gasteiger partial charge on any atom is -0.481 e. The molecule has 33 heavy (non-hydrogen) atoms. The molecule has 2 aliphatic rings. The highest BCUT2D eigenvalue weighted by molar-refractivity contribution is 7.12. The number of aromatic nitrogens is 2. The van der Waals surface area contributed by atoms with E-state index in [1.165, 1.54) is 6.07 Å². The quantitative estimate of drug-likeness (QED) is 0.585. The Morgan fingerprint density at radius 1 is 1.21 bits per heavy atom. The summed E-state index contributed by atoms with van der Waals surface area (Å²) in [7, 11) is 0. The van der Waals surface area contributed by atoms with Gasteiger partial charge in [-0.05, 0) is 55.0 Å². The van der Waals surface area contributed by atoms with Crippen LogP contribution in [0.1, 0.15) is 40.3 Å². The number of pyridine rings is 1. The molecule has 1 saturated carbocycles. The molecule has 0 radical (unpaired) electrons. The van der Waals surface area contributed by atoms with E-state index in [0.717, 1.165) is 34.0 Å². The second kappa shape index (κ2) is 8.16. The van der Waals surface area contributed by atoms with Crippen LogP contribution in [0.5, 0.6) is 0 Å². The number of thiophene rings is 1. The first kappa shape index (κ1) is 21.9. The van der Waals surface area contributed by atoms with Crippen molar-refractivity contribution >= 4 is 34.2 Å². The fourth-order valence-electron chi connectivity index (χ4n) is 4.89. The number of amides is 1. The molecule has 1 aliphatic heterocycles. The third-order valence-corrected chi connectivity index (χ3v) is 7.78. The molecule has 3 aromatic heterocycles. The van der Waals surface area contributed by atoms with Gasteiger partial charge in [0.2, 0.25) is 5.91 Å². The van der Waals surface area contributed by atoms with Gasteiger partial charge in [0.25, 0.3) is 0 Å². The largest absolute Gasteiger partial charge is 0.481 e. The van der Waals surface area contributed by atoms with Gasteiger partial charge in [-0.3, -0.25) is 9.59 Å². The molecule has 5 rings (SSSR count). The van der Waals surface area contributed by atoms with Gasteiger partial charge in [0.05, 0.1) is 19.0 Å². The van der Waals surface area contributed by atoms with Crippen molar-refractivity contribution in [3.05, 3.63) is 51.5 Å². The van der Waals surface area contributed by atoms with E-state index in [1.54, 1.807) is 11.1 Å². The van der Waals surface area contributed by atoms with E-state index in [0.29, 0.717) is 49.3 Å². The molecule has 0 aromatic carbocycles. The van der Waals surface area contributed by atoms with Crippen LogP contribution >= 0.6 is 11.3 Å². The van der Waals surface area contributed by atoms with Gasteiger partial charge in [-0.2, -0.15) is 13.2 Å². The minimum atomic E-state index is -4.37. The van der Waals surface area contributed by atoms with Gasteiger partial charge in [0.1, 0.15) is 10.5 Å². The van der Waals surface area contributed by atoms with Crippen LogP contribution in [0.2, 0.25) is 0 Å². The van der Waals surface area contributed by atoms with Crippen molar-refractivity contribution < 1.29 is 27.9 Å². The number of carbonyl (C=O) groups is 2. The first-order valence-electron chi connectivity index (χ1n) is 10.8. The topological polar surface area (TPSA) is 75.4 Å². The SMILES string of the molecule is O=C(O)C1CC(CC(=O)N2CCc3c(n(Cc4ccc(C(F)(F)F)s4)c4ncccc34)C2)C1. The molecular weight excluding hydrogens is 455 g/mol. The molecule has 0 unspecified atom stereocenters. The Hall–Kier alpha value is -2.88. The fourth-order valence-corrected chi connectivity index (χ4v) is 5.76. The third kappa shape index (κ3) is 4.12. The maximum absolute atomic E-state index is 13.1. The number of alkyl halides is 3. The van der Waals surface area contributed by atoms with Crippen LogP contribution in [0.15, 0.2) is 30.5 Å². The zero-order valence-corrected chi connectivity index (χ0v) is 18.5. The molecule has 10 heteroatoms. The first-order valence-corrected chi connectivity index (χ1v) is 11.6. The van der Waals surface area contributed by atoms with Gasteiger partial charge in [-0.1, -0.05) is 0 Å². The van der Waals surface area contributed by atoms with Crippen molar-refractivity contribution in [3.8, 4) is 0 Å². The molecule has 0 atom stereocenters. The average molecular weight is 478 g/mol. The van der Waals surface area contributed by atoms with E-state index >= 15 is 0 Å². The van der Waals surface area contributed by atoms with Gasteiger partial charge in [-0.15, -0.1) is 11.3 Å². The highest BCUT2D eigenvalue weighted by Gasteiger charge is 2.37. The van der Waals surface area contributed by atoms with E-state index in [-0.39, 0.29) is 24.3 Å².